The summed E-state index contributed by atoms with van der Waals surface area (Å²) in [7, 11) is 0. The monoisotopic (exact) mass is 400 g/mol. The van der Waals surface area contributed by atoms with Crippen molar-refractivity contribution < 1.29 is 9.21 Å². The predicted octanol–water partition coefficient (Wildman–Crippen LogP) is 5.37. The number of piperidine rings is 1. The Kier molecular flexibility index (Phi) is 5.41. The Labute approximate surface area is 167 Å². The van der Waals surface area contributed by atoms with Gasteiger partial charge >= 0.3 is 0 Å². The first-order chi connectivity index (χ1) is 13.1. The maximum Gasteiger partial charge on any atom is 0.235 e. The molecule has 3 aromatic rings. The summed E-state index contributed by atoms with van der Waals surface area (Å²) >= 11 is 7.50. The second-order valence-electron chi connectivity index (χ2n) is 6.83. The maximum atomic E-state index is 12.8. The van der Waals surface area contributed by atoms with Gasteiger partial charge in [-0.25, -0.2) is 4.98 Å². The standard InChI is InChI=1S/C21H21ClN2O2S/c1-14(27-17-8-6-16(22)7-9-17)21(25)24-12-10-15(11-13-24)20-23-18-4-2-3-5-19(18)26-20/h2-9,14-15H,10-13H2,1H3. The van der Waals surface area contributed by atoms with E-state index < -0.39 is 0 Å². The summed E-state index contributed by atoms with van der Waals surface area (Å²) in [6, 6.07) is 15.5. The van der Waals surface area contributed by atoms with Gasteiger partial charge in [-0.2, -0.15) is 0 Å². The molecule has 0 radical (unpaired) electrons. The SMILES string of the molecule is CC(Sc1ccc(Cl)cc1)C(=O)N1CCC(c2nc3ccccc3o2)CC1. The predicted molar refractivity (Wildman–Crippen MR) is 109 cm³/mol. The number of hydrogen-bond donors (Lipinski definition) is 0. The normalized spacial score (nSPS) is 16.6. The van der Waals surface area contributed by atoms with Crippen molar-refractivity contribution in [1.82, 2.24) is 9.88 Å². The fourth-order valence-electron chi connectivity index (χ4n) is 3.44. The van der Waals surface area contributed by atoms with E-state index >= 15 is 0 Å². The van der Waals surface area contributed by atoms with Crippen LogP contribution in [0.5, 0.6) is 0 Å². The number of carbonyl (C=O) groups excluding carboxylic acids is 1. The number of benzene rings is 2. The van der Waals surface area contributed by atoms with Crippen molar-refractivity contribution in [3.05, 3.63) is 59.4 Å². The summed E-state index contributed by atoms with van der Waals surface area (Å²) in [5, 5.41) is 0.589. The fourth-order valence-corrected chi connectivity index (χ4v) is 4.51. The van der Waals surface area contributed by atoms with Crippen LogP contribution < -0.4 is 0 Å². The number of rotatable bonds is 4. The second-order valence-corrected chi connectivity index (χ2v) is 8.68. The molecule has 0 spiro atoms. The quantitative estimate of drug-likeness (QED) is 0.552. The zero-order chi connectivity index (χ0) is 18.8. The highest BCUT2D eigenvalue weighted by atomic mass is 35.5. The average Bonchev–Trinajstić information content (AvgIpc) is 3.13. The molecule has 0 N–H and O–H groups in total. The van der Waals surface area contributed by atoms with Crippen molar-refractivity contribution in [1.29, 1.82) is 0 Å². The lowest BCUT2D eigenvalue weighted by Gasteiger charge is -2.32. The van der Waals surface area contributed by atoms with Gasteiger partial charge in [0.25, 0.3) is 0 Å². The van der Waals surface area contributed by atoms with E-state index in [-0.39, 0.29) is 17.1 Å². The number of aromatic nitrogens is 1. The largest absolute Gasteiger partial charge is 0.440 e. The van der Waals surface area contributed by atoms with Crippen molar-refractivity contribution in [2.24, 2.45) is 0 Å². The Morgan fingerprint density at radius 2 is 1.89 bits per heavy atom. The van der Waals surface area contributed by atoms with Crippen molar-refractivity contribution in [2.45, 2.75) is 35.8 Å². The van der Waals surface area contributed by atoms with Gasteiger partial charge in [0, 0.05) is 28.9 Å². The summed E-state index contributed by atoms with van der Waals surface area (Å²) in [6.07, 6.45) is 1.77. The molecule has 0 aliphatic carbocycles. The molecule has 1 aliphatic rings. The summed E-state index contributed by atoms with van der Waals surface area (Å²) in [6.45, 7) is 3.45. The van der Waals surface area contributed by atoms with E-state index in [1.54, 1.807) is 11.8 Å². The van der Waals surface area contributed by atoms with Crippen LogP contribution in [0.25, 0.3) is 11.1 Å². The third kappa shape index (κ3) is 4.14. The Morgan fingerprint density at radius 1 is 1.19 bits per heavy atom. The summed E-state index contributed by atoms with van der Waals surface area (Å²) in [4.78, 5) is 20.4. The highest BCUT2D eigenvalue weighted by molar-refractivity contribution is 8.00. The molecule has 4 nitrogen and oxygen atoms in total. The van der Waals surface area contributed by atoms with Crippen LogP contribution in [-0.2, 0) is 4.79 Å². The summed E-state index contributed by atoms with van der Waals surface area (Å²) in [5.41, 5.74) is 1.73. The molecule has 1 atom stereocenters. The first kappa shape index (κ1) is 18.4. The van der Waals surface area contributed by atoms with Crippen molar-refractivity contribution >= 4 is 40.4 Å². The Morgan fingerprint density at radius 3 is 2.59 bits per heavy atom. The van der Waals surface area contributed by atoms with Crippen LogP contribution in [0, 0.1) is 0 Å². The van der Waals surface area contributed by atoms with Crippen LogP contribution in [0.3, 0.4) is 0 Å². The van der Waals surface area contributed by atoms with Gasteiger partial charge in [-0.3, -0.25) is 4.79 Å². The number of thioether (sulfide) groups is 1. The van der Waals surface area contributed by atoms with Gasteiger partial charge in [-0.1, -0.05) is 23.7 Å². The van der Waals surface area contributed by atoms with Crippen LogP contribution in [0.2, 0.25) is 5.02 Å². The number of nitrogens with zero attached hydrogens (tertiary/aromatic N) is 2. The minimum absolute atomic E-state index is 0.118. The Balaban J connectivity index is 1.35. The van der Waals surface area contributed by atoms with E-state index in [0.29, 0.717) is 5.02 Å². The van der Waals surface area contributed by atoms with E-state index in [0.717, 1.165) is 47.8 Å². The molecule has 0 saturated carbocycles. The van der Waals surface area contributed by atoms with Gasteiger partial charge < -0.3 is 9.32 Å². The molecule has 140 valence electrons. The third-order valence-corrected chi connectivity index (χ3v) is 6.29. The highest BCUT2D eigenvalue weighted by Crippen LogP contribution is 2.32. The number of para-hydroxylation sites is 2. The van der Waals surface area contributed by atoms with E-state index in [2.05, 4.69) is 4.98 Å². The molecule has 1 unspecified atom stereocenters. The number of oxazole rings is 1. The van der Waals surface area contributed by atoms with Crippen molar-refractivity contribution in [3.8, 4) is 0 Å². The number of likely N-dealkylation sites (tertiary alicyclic amines) is 1. The van der Waals surface area contributed by atoms with E-state index in [4.69, 9.17) is 16.0 Å². The number of carbonyl (C=O) groups is 1. The molecule has 1 aliphatic heterocycles. The molecule has 0 bridgehead atoms. The van der Waals surface area contributed by atoms with Gasteiger partial charge in [0.2, 0.25) is 5.91 Å². The number of halogens is 1. The lowest BCUT2D eigenvalue weighted by molar-refractivity contribution is -0.131. The van der Waals surface area contributed by atoms with Gasteiger partial charge in [-0.15, -0.1) is 11.8 Å². The first-order valence-corrected chi connectivity index (χ1v) is 10.4. The average molecular weight is 401 g/mol. The molecule has 4 rings (SSSR count). The fraction of sp³-hybridized carbons (Fsp3) is 0.333. The zero-order valence-electron chi connectivity index (χ0n) is 15.1. The van der Waals surface area contributed by atoms with Gasteiger partial charge in [0.15, 0.2) is 11.5 Å². The second kappa shape index (κ2) is 7.95. The molecule has 2 heterocycles. The summed E-state index contributed by atoms with van der Waals surface area (Å²) in [5.74, 6) is 1.26. The molecule has 27 heavy (non-hydrogen) atoms. The van der Waals surface area contributed by atoms with Crippen LogP contribution in [0.1, 0.15) is 31.6 Å². The maximum absolute atomic E-state index is 12.8. The molecule has 1 amide bonds. The third-order valence-electron chi connectivity index (χ3n) is 4.94. The molecule has 1 aromatic heterocycles. The van der Waals surface area contributed by atoms with Gasteiger partial charge in [-0.05, 0) is 56.2 Å². The lowest BCUT2D eigenvalue weighted by atomic mass is 9.96. The van der Waals surface area contributed by atoms with Crippen molar-refractivity contribution in [2.75, 3.05) is 13.1 Å². The van der Waals surface area contributed by atoms with Crippen LogP contribution in [0.15, 0.2) is 57.8 Å². The smallest absolute Gasteiger partial charge is 0.235 e. The van der Waals surface area contributed by atoms with Gasteiger partial charge in [0.1, 0.15) is 5.52 Å². The van der Waals surface area contributed by atoms with Crippen molar-refractivity contribution in [3.63, 3.8) is 0 Å². The highest BCUT2D eigenvalue weighted by Gasteiger charge is 2.29. The first-order valence-electron chi connectivity index (χ1n) is 9.16. The minimum Gasteiger partial charge on any atom is -0.440 e. The summed E-state index contributed by atoms with van der Waals surface area (Å²) < 4.78 is 5.91. The van der Waals surface area contributed by atoms with Gasteiger partial charge in [0.05, 0.1) is 5.25 Å². The number of fused-ring (bicyclic) bond motifs is 1. The lowest BCUT2D eigenvalue weighted by Crippen LogP contribution is -2.41. The Hall–Kier alpha value is -1.98. The molecule has 6 heteroatoms. The molecular formula is C21H21ClN2O2S. The minimum atomic E-state index is -0.118. The molecular weight excluding hydrogens is 380 g/mol. The number of hydrogen-bond acceptors (Lipinski definition) is 4. The molecule has 1 saturated heterocycles. The van der Waals surface area contributed by atoms with E-state index in [9.17, 15) is 4.79 Å². The van der Waals surface area contributed by atoms with Crippen LogP contribution in [-0.4, -0.2) is 34.1 Å². The zero-order valence-corrected chi connectivity index (χ0v) is 16.7. The van der Waals surface area contributed by atoms with E-state index in [1.165, 1.54) is 0 Å². The molecule has 2 aromatic carbocycles. The van der Waals surface area contributed by atoms with E-state index in [1.807, 2.05) is 60.4 Å². The van der Waals surface area contributed by atoms with Crippen LogP contribution >= 0.6 is 23.4 Å². The molecule has 1 fully saturated rings. The van der Waals surface area contributed by atoms with Crippen LogP contribution in [0.4, 0.5) is 0 Å². The topological polar surface area (TPSA) is 46.3 Å². The Bertz CT molecular complexity index is 900. The number of amides is 1.